The molecule has 0 bridgehead atoms. The molecule has 1 atom stereocenters. The summed E-state index contributed by atoms with van der Waals surface area (Å²) >= 11 is 2.71. The Morgan fingerprint density at radius 2 is 1.20 bits per heavy atom. The molecule has 0 saturated carbocycles. The molecule has 0 unspecified atom stereocenters. The van der Waals surface area contributed by atoms with E-state index in [0.717, 1.165) is 30.5 Å². The number of hydrogen-bond acceptors (Lipinski definition) is 3. The number of rotatable bonds is 2. The summed E-state index contributed by atoms with van der Waals surface area (Å²) in [6.45, 7) is 26.2. The molecule has 3 heterocycles. The monoisotopic (exact) mass is 912 g/mol. The zero-order valence-electron chi connectivity index (χ0n) is 37.9. The lowest BCUT2D eigenvalue weighted by Gasteiger charge is -2.46. The predicted octanol–water partition coefficient (Wildman–Crippen LogP) is 14.3. The summed E-state index contributed by atoms with van der Waals surface area (Å²) < 4.78 is 7.62. The molecule has 6 aromatic carbocycles. The van der Waals surface area contributed by atoms with Crippen LogP contribution in [0.1, 0.15) is 128 Å². The number of halogens is 1. The molecule has 4 aliphatic rings. The van der Waals surface area contributed by atoms with Gasteiger partial charge < -0.3 is 14.2 Å². The Labute approximate surface area is 377 Å². The number of benzene rings is 6. The average molecular weight is 913 g/mol. The summed E-state index contributed by atoms with van der Waals surface area (Å²) in [4.78, 5) is 5.19. The quantitative estimate of drug-likeness (QED) is 0.0979. The molecule has 7 aromatic rings. The Bertz CT molecular complexity index is 2990. The first-order valence-electron chi connectivity index (χ1n) is 22.6. The van der Waals surface area contributed by atoms with Gasteiger partial charge in [0.25, 0.3) is 6.71 Å². The average Bonchev–Trinajstić information content (AvgIpc) is 3.58. The molecule has 0 radical (unpaired) electrons. The van der Waals surface area contributed by atoms with Crippen molar-refractivity contribution in [1.82, 2.24) is 0 Å². The summed E-state index contributed by atoms with van der Waals surface area (Å²) in [6.07, 6.45) is 4.63. The van der Waals surface area contributed by atoms with Crippen molar-refractivity contribution in [2.75, 3.05) is 9.80 Å². The van der Waals surface area contributed by atoms with E-state index in [2.05, 4.69) is 212 Å². The number of furan rings is 1. The number of anilines is 6. The van der Waals surface area contributed by atoms with Gasteiger partial charge in [-0.15, -0.1) is 0 Å². The van der Waals surface area contributed by atoms with Gasteiger partial charge in [-0.2, -0.15) is 0 Å². The van der Waals surface area contributed by atoms with Gasteiger partial charge in [-0.3, -0.25) is 0 Å². The van der Waals surface area contributed by atoms with Crippen LogP contribution < -0.4 is 26.4 Å². The van der Waals surface area contributed by atoms with Crippen molar-refractivity contribution in [2.24, 2.45) is 0 Å². The first-order chi connectivity index (χ1) is 28.7. The molecule has 0 fully saturated rings. The van der Waals surface area contributed by atoms with Crippen LogP contribution in [0.2, 0.25) is 0 Å². The first-order valence-corrected chi connectivity index (χ1v) is 23.7. The standard InChI is InChI=1S/C56H58BIN2O/c1-33-27-46-49-47(28-33)60(44-18-14-16-34-15-12-13-17-37(34)44)50-38-29-39-42(56(11,58)26-25-55(39,9)10)32-48(38)61-51(50)57(49)43-30-40-41(54(7,8)24-23-53(40,5)6)31-45(43)59(46)36-21-19-35(20-22-36)52(2,3)4/h12-22,27-32H,23-26H2,1-11H3/t56-/m1/s1. The molecule has 0 N–H and O–H groups in total. The van der Waals surface area contributed by atoms with Gasteiger partial charge in [-0.1, -0.05) is 140 Å². The van der Waals surface area contributed by atoms with Crippen molar-refractivity contribution < 1.29 is 4.42 Å². The van der Waals surface area contributed by atoms with Gasteiger partial charge in [0.1, 0.15) is 5.58 Å². The number of aryl methyl sites for hydroxylation is 1. The number of fused-ring (bicyclic) bond motifs is 9. The van der Waals surface area contributed by atoms with Gasteiger partial charge in [-0.05, 0) is 159 Å². The third-order valence-electron chi connectivity index (χ3n) is 15.4. The first kappa shape index (κ1) is 39.4. The van der Waals surface area contributed by atoms with Gasteiger partial charge in [0.15, 0.2) is 0 Å². The van der Waals surface area contributed by atoms with Gasteiger partial charge >= 0.3 is 0 Å². The summed E-state index contributed by atoms with van der Waals surface area (Å²) in [6, 6.07) is 40.2. The molecule has 61 heavy (non-hydrogen) atoms. The zero-order valence-corrected chi connectivity index (χ0v) is 40.1. The lowest BCUT2D eigenvalue weighted by molar-refractivity contribution is 0.332. The van der Waals surface area contributed by atoms with E-state index >= 15 is 0 Å². The Hall–Kier alpha value is -4.49. The molecule has 0 saturated heterocycles. The van der Waals surface area contributed by atoms with Crippen LogP contribution in [0, 0.1) is 6.92 Å². The van der Waals surface area contributed by atoms with E-state index in [-0.39, 0.29) is 31.8 Å². The predicted molar refractivity (Wildman–Crippen MR) is 270 cm³/mol. The Morgan fingerprint density at radius 1 is 0.590 bits per heavy atom. The molecule has 308 valence electrons. The van der Waals surface area contributed by atoms with Crippen molar-refractivity contribution >= 4 is 102 Å². The maximum absolute atomic E-state index is 7.59. The second-order valence-electron chi connectivity index (χ2n) is 22.1. The zero-order chi connectivity index (χ0) is 42.8. The highest BCUT2D eigenvalue weighted by molar-refractivity contribution is 14.1. The lowest BCUT2D eigenvalue weighted by atomic mass is 9.35. The normalized spacial score (nSPS) is 20.6. The van der Waals surface area contributed by atoms with Gasteiger partial charge in [-0.25, -0.2) is 0 Å². The highest BCUT2D eigenvalue weighted by Crippen LogP contribution is 2.55. The fraction of sp³-hybridized carbons (Fsp3) is 0.357. The van der Waals surface area contributed by atoms with Crippen molar-refractivity contribution in [3.05, 3.63) is 137 Å². The van der Waals surface area contributed by atoms with Crippen molar-refractivity contribution in [3.8, 4) is 0 Å². The minimum absolute atomic E-state index is 0.0323. The van der Waals surface area contributed by atoms with Crippen LogP contribution in [0.3, 0.4) is 0 Å². The molecule has 3 nitrogen and oxygen atoms in total. The molecule has 2 aliphatic carbocycles. The van der Waals surface area contributed by atoms with E-state index in [1.807, 2.05) is 0 Å². The van der Waals surface area contributed by atoms with Gasteiger partial charge in [0, 0.05) is 36.9 Å². The van der Waals surface area contributed by atoms with E-state index in [0.29, 0.717) is 0 Å². The van der Waals surface area contributed by atoms with Crippen LogP contribution in [0.25, 0.3) is 21.7 Å². The molecule has 1 aromatic heterocycles. The number of hydrogen-bond donors (Lipinski definition) is 0. The van der Waals surface area contributed by atoms with Crippen LogP contribution in [0.5, 0.6) is 0 Å². The summed E-state index contributed by atoms with van der Waals surface area (Å²) in [5, 5.41) is 3.68. The maximum Gasteiger partial charge on any atom is 0.297 e. The fourth-order valence-electron chi connectivity index (χ4n) is 11.6. The van der Waals surface area contributed by atoms with Crippen LogP contribution in [0.4, 0.5) is 34.1 Å². The number of nitrogens with zero attached hydrogens (tertiary/aromatic N) is 2. The smallest absolute Gasteiger partial charge is 0.297 e. The molecule has 11 rings (SSSR count). The molecule has 2 aliphatic heterocycles. The van der Waals surface area contributed by atoms with Crippen LogP contribution >= 0.6 is 22.6 Å². The van der Waals surface area contributed by atoms with Crippen LogP contribution in [-0.4, -0.2) is 6.71 Å². The Kier molecular flexibility index (Phi) is 8.26. The minimum Gasteiger partial charge on any atom is -0.468 e. The third kappa shape index (κ3) is 5.73. The van der Waals surface area contributed by atoms with E-state index in [4.69, 9.17) is 4.42 Å². The second kappa shape index (κ2) is 12.8. The van der Waals surface area contributed by atoms with Crippen molar-refractivity contribution in [1.29, 1.82) is 0 Å². The fourth-order valence-corrected chi connectivity index (χ4v) is 12.3. The van der Waals surface area contributed by atoms with E-state index in [1.165, 1.54) is 101 Å². The minimum atomic E-state index is -0.0958. The summed E-state index contributed by atoms with van der Waals surface area (Å²) in [7, 11) is 0. The summed E-state index contributed by atoms with van der Waals surface area (Å²) in [5.41, 5.74) is 20.6. The Balaban J connectivity index is 1.29. The highest BCUT2D eigenvalue weighted by Gasteiger charge is 2.50. The topological polar surface area (TPSA) is 19.6 Å². The SMILES string of the molecule is Cc1cc2c3c(c1)N(c1cccc4ccccc14)c1c(oc4cc5c(cc14)C(C)(C)CC[C@@]5(C)I)B3c1cc3c(cc1N2c1ccc(C(C)(C)C)cc1)C(C)(C)CCC3(C)C. The maximum atomic E-state index is 7.59. The third-order valence-corrected chi connectivity index (χ3v) is 16.5. The van der Waals surface area contributed by atoms with Crippen LogP contribution in [0.15, 0.2) is 108 Å². The second-order valence-corrected chi connectivity index (χ2v) is 24.5. The van der Waals surface area contributed by atoms with Crippen molar-refractivity contribution in [2.45, 2.75) is 127 Å². The van der Waals surface area contributed by atoms with Crippen LogP contribution in [-0.2, 0) is 25.1 Å². The van der Waals surface area contributed by atoms with E-state index in [9.17, 15) is 0 Å². The van der Waals surface area contributed by atoms with E-state index in [1.54, 1.807) is 0 Å². The molecule has 0 spiro atoms. The van der Waals surface area contributed by atoms with Gasteiger partial charge in [0.2, 0.25) is 0 Å². The Morgan fingerprint density at radius 3 is 1.89 bits per heavy atom. The summed E-state index contributed by atoms with van der Waals surface area (Å²) in [5.74, 6) is 0. The van der Waals surface area contributed by atoms with Crippen molar-refractivity contribution in [3.63, 3.8) is 0 Å². The highest BCUT2D eigenvalue weighted by atomic mass is 127. The van der Waals surface area contributed by atoms with E-state index < -0.39 is 0 Å². The number of alkyl halides is 1. The molecule has 5 heteroatoms. The molecular formula is C56H58BIN2O. The molecule has 0 amide bonds. The molecular weight excluding hydrogens is 854 g/mol. The van der Waals surface area contributed by atoms with Gasteiger partial charge in [0.05, 0.1) is 17.0 Å². The lowest BCUT2D eigenvalue weighted by Crippen LogP contribution is -2.61. The largest absolute Gasteiger partial charge is 0.468 e.